The fourth-order valence-electron chi connectivity index (χ4n) is 5.39. The number of carbonyl (C=O) groups is 2. The van der Waals surface area contributed by atoms with Crippen molar-refractivity contribution in [2.24, 2.45) is 0 Å². The van der Waals surface area contributed by atoms with Crippen LogP contribution in [0.1, 0.15) is 129 Å². The number of quaternary nitrogens is 1. The van der Waals surface area contributed by atoms with Crippen LogP contribution >= 0.6 is 7.82 Å². The van der Waals surface area contributed by atoms with Crippen molar-refractivity contribution >= 4 is 19.8 Å². The summed E-state index contributed by atoms with van der Waals surface area (Å²) in [5.41, 5.74) is 0. The van der Waals surface area contributed by atoms with Crippen LogP contribution in [0.5, 0.6) is 0 Å². The first kappa shape index (κ1) is 61.6. The normalized spacial score (nSPS) is 14.8. The Morgan fingerprint density at radius 1 is 0.485 bits per heavy atom. The monoisotopic (exact) mass is 933 g/mol. The zero-order chi connectivity index (χ0) is 48.5. The summed E-state index contributed by atoms with van der Waals surface area (Å²) in [5, 5.41) is 0. The van der Waals surface area contributed by atoms with E-state index in [2.05, 4.69) is 154 Å². The Kier molecular flexibility index (Phi) is 42.7. The van der Waals surface area contributed by atoms with Crippen LogP contribution < -0.4 is 0 Å². The van der Waals surface area contributed by atoms with Crippen LogP contribution in [0.4, 0.5) is 0 Å². The maximum atomic E-state index is 12.7. The van der Waals surface area contributed by atoms with Crippen LogP contribution in [0, 0.1) is 0 Å². The van der Waals surface area contributed by atoms with Crippen molar-refractivity contribution in [3.05, 3.63) is 158 Å². The summed E-state index contributed by atoms with van der Waals surface area (Å²) in [5.74, 6) is -1.02. The molecular formula is C56H87NO8P+. The summed E-state index contributed by atoms with van der Waals surface area (Å²) in [6, 6.07) is 0. The number of phosphoric acid groups is 1. The van der Waals surface area contributed by atoms with Crippen molar-refractivity contribution in [2.75, 3.05) is 47.5 Å². The quantitative estimate of drug-likeness (QED) is 0.0212. The summed E-state index contributed by atoms with van der Waals surface area (Å²) in [4.78, 5) is 35.4. The average molecular weight is 933 g/mol. The lowest BCUT2D eigenvalue weighted by molar-refractivity contribution is -0.870. The van der Waals surface area contributed by atoms with Gasteiger partial charge in [-0.3, -0.25) is 18.6 Å². The fraction of sp³-hybridized carbons (Fsp3) is 0.500. The van der Waals surface area contributed by atoms with Gasteiger partial charge in [0.1, 0.15) is 19.8 Å². The molecule has 0 aromatic rings. The summed E-state index contributed by atoms with van der Waals surface area (Å²) in [7, 11) is 1.37. The third kappa shape index (κ3) is 49.1. The number of ether oxygens (including phenoxy) is 2. The molecule has 0 heterocycles. The van der Waals surface area contributed by atoms with Gasteiger partial charge in [-0.05, 0) is 103 Å². The zero-order valence-corrected chi connectivity index (χ0v) is 42.2. The number of rotatable bonds is 41. The molecule has 0 aliphatic rings. The lowest BCUT2D eigenvalue weighted by Gasteiger charge is -2.24. The van der Waals surface area contributed by atoms with Gasteiger partial charge in [0.15, 0.2) is 6.10 Å². The third-order valence-corrected chi connectivity index (χ3v) is 10.1. The van der Waals surface area contributed by atoms with Gasteiger partial charge in [-0.25, -0.2) is 4.57 Å². The Morgan fingerprint density at radius 2 is 0.848 bits per heavy atom. The molecule has 0 aromatic carbocycles. The second kappa shape index (κ2) is 45.8. The molecule has 0 bridgehead atoms. The highest BCUT2D eigenvalue weighted by Gasteiger charge is 2.27. The van der Waals surface area contributed by atoms with E-state index in [0.29, 0.717) is 23.9 Å². The number of allylic oxidation sites excluding steroid dienone is 25. The van der Waals surface area contributed by atoms with Gasteiger partial charge >= 0.3 is 19.8 Å². The minimum atomic E-state index is -4.42. The maximum absolute atomic E-state index is 12.7. The van der Waals surface area contributed by atoms with E-state index in [9.17, 15) is 19.0 Å². The average Bonchev–Trinajstić information content (AvgIpc) is 3.27. The number of unbranched alkanes of at least 4 members (excludes halogenated alkanes) is 2. The predicted octanol–water partition coefficient (Wildman–Crippen LogP) is 14.6. The summed E-state index contributed by atoms with van der Waals surface area (Å²) < 4.78 is 34.2. The highest BCUT2D eigenvalue weighted by atomic mass is 31.2. The van der Waals surface area contributed by atoms with E-state index in [0.717, 1.165) is 89.9 Å². The Morgan fingerprint density at radius 3 is 1.23 bits per heavy atom. The van der Waals surface area contributed by atoms with Gasteiger partial charge in [0.25, 0.3) is 0 Å². The molecule has 66 heavy (non-hydrogen) atoms. The van der Waals surface area contributed by atoms with E-state index < -0.39 is 32.5 Å². The van der Waals surface area contributed by atoms with Gasteiger partial charge in [-0.15, -0.1) is 0 Å². The lowest BCUT2D eigenvalue weighted by atomic mass is 10.2. The molecule has 368 valence electrons. The number of esters is 2. The van der Waals surface area contributed by atoms with Crippen molar-refractivity contribution < 1.29 is 42.1 Å². The lowest BCUT2D eigenvalue weighted by Crippen LogP contribution is -2.37. The molecule has 9 nitrogen and oxygen atoms in total. The van der Waals surface area contributed by atoms with E-state index >= 15 is 0 Å². The van der Waals surface area contributed by atoms with E-state index in [4.69, 9.17) is 18.5 Å². The molecule has 0 aromatic heterocycles. The number of phosphoric ester groups is 1. The van der Waals surface area contributed by atoms with Gasteiger partial charge in [0, 0.05) is 6.42 Å². The Bertz CT molecular complexity index is 1670. The Hall–Kier alpha value is -4.37. The van der Waals surface area contributed by atoms with Crippen LogP contribution in [0.25, 0.3) is 0 Å². The second-order valence-electron chi connectivity index (χ2n) is 16.4. The molecule has 0 fully saturated rings. The third-order valence-electron chi connectivity index (χ3n) is 9.09. The molecule has 2 atom stereocenters. The van der Waals surface area contributed by atoms with Gasteiger partial charge in [0.2, 0.25) is 0 Å². The molecule has 0 aliphatic carbocycles. The molecule has 0 radical (unpaired) electrons. The van der Waals surface area contributed by atoms with Crippen molar-refractivity contribution in [2.45, 2.75) is 136 Å². The zero-order valence-electron chi connectivity index (χ0n) is 41.3. The van der Waals surface area contributed by atoms with Crippen molar-refractivity contribution in [1.82, 2.24) is 0 Å². The SMILES string of the molecule is CC/C=C\C/C=C\C/C=C\C/C=C\C/C=C\C/C=C\C/C=C\C/C=C\CCCCC(=O)OC(COC(=O)C/C=C\C/C=C\C/C=C\C/C=C\C/C=C\CC)COP(=O)(O)OCC[N+](C)(C)C. The number of hydrogen-bond acceptors (Lipinski definition) is 7. The summed E-state index contributed by atoms with van der Waals surface area (Å²) >= 11 is 0. The molecule has 0 rings (SSSR count). The highest BCUT2D eigenvalue weighted by molar-refractivity contribution is 7.47. The maximum Gasteiger partial charge on any atom is 0.472 e. The molecule has 0 spiro atoms. The van der Waals surface area contributed by atoms with Crippen LogP contribution in [0.15, 0.2) is 158 Å². The molecule has 0 aliphatic heterocycles. The highest BCUT2D eigenvalue weighted by Crippen LogP contribution is 2.43. The van der Waals surface area contributed by atoms with E-state index in [1.807, 2.05) is 33.3 Å². The van der Waals surface area contributed by atoms with Crippen LogP contribution in [-0.2, 0) is 32.7 Å². The van der Waals surface area contributed by atoms with Crippen LogP contribution in [0.3, 0.4) is 0 Å². The van der Waals surface area contributed by atoms with Crippen LogP contribution in [-0.4, -0.2) is 74.9 Å². The number of nitrogens with zero attached hydrogens (tertiary/aromatic N) is 1. The molecular weight excluding hydrogens is 846 g/mol. The first-order chi connectivity index (χ1) is 32.0. The van der Waals surface area contributed by atoms with Crippen molar-refractivity contribution in [1.29, 1.82) is 0 Å². The largest absolute Gasteiger partial charge is 0.472 e. The van der Waals surface area contributed by atoms with Crippen molar-refractivity contribution in [3.63, 3.8) is 0 Å². The minimum absolute atomic E-state index is 0.000969. The van der Waals surface area contributed by atoms with Crippen LogP contribution in [0.2, 0.25) is 0 Å². The smallest absolute Gasteiger partial charge is 0.461 e. The standard InChI is InChI=1S/C56H86NO8P/c1-6-8-10-12-14-16-18-20-22-23-24-25-26-27-28-29-30-31-32-33-35-37-39-41-43-45-47-49-56(59)65-54(53-64-66(60,61)63-51-50-57(3,4)5)52-62-55(58)48-46-44-42-40-38-36-34-21-19-17-15-13-11-9-7-2/h8-11,14-17,20-22,24-25,27-28,30-31,33-35,38-41,44,46,54H,6-7,12-13,18-19,23,26,29,32,36-37,42-43,45,47-53H2,1-5H3/p+1/b10-8-,11-9-,16-14-,17-15-,22-20-,25-24-,28-27-,31-30-,34-21-,35-33-,40-38-,41-39-,46-44-. The number of carbonyl (C=O) groups excluding carboxylic acids is 2. The minimum Gasteiger partial charge on any atom is -0.461 e. The summed E-state index contributed by atoms with van der Waals surface area (Å²) in [6.07, 6.45) is 69.1. The molecule has 2 unspecified atom stereocenters. The number of hydrogen-bond donors (Lipinski definition) is 1. The van der Waals surface area contributed by atoms with Crippen molar-refractivity contribution in [3.8, 4) is 0 Å². The van der Waals surface area contributed by atoms with Gasteiger partial charge < -0.3 is 18.9 Å². The topological polar surface area (TPSA) is 108 Å². The van der Waals surface area contributed by atoms with Gasteiger partial charge in [-0.2, -0.15) is 0 Å². The Balaban J connectivity index is 4.51. The fourth-order valence-corrected chi connectivity index (χ4v) is 6.14. The molecule has 0 saturated heterocycles. The molecule has 1 N–H and O–H groups in total. The molecule has 0 amide bonds. The van der Waals surface area contributed by atoms with E-state index in [1.165, 1.54) is 0 Å². The first-order valence-electron chi connectivity index (χ1n) is 24.2. The van der Waals surface area contributed by atoms with E-state index in [1.54, 1.807) is 6.08 Å². The second-order valence-corrected chi connectivity index (χ2v) is 17.8. The first-order valence-corrected chi connectivity index (χ1v) is 25.7. The number of likely N-dealkylation sites (N-methyl/N-ethyl adjacent to an activating group) is 1. The summed E-state index contributed by atoms with van der Waals surface area (Å²) in [6.45, 7) is 3.98. The van der Waals surface area contributed by atoms with E-state index in [-0.39, 0.29) is 26.1 Å². The molecule has 0 saturated carbocycles. The predicted molar refractivity (Wildman–Crippen MR) is 279 cm³/mol. The van der Waals surface area contributed by atoms with Gasteiger partial charge in [0.05, 0.1) is 34.2 Å². The Labute approximate surface area is 401 Å². The molecule has 10 heteroatoms. The van der Waals surface area contributed by atoms with Gasteiger partial charge in [-0.1, -0.05) is 172 Å².